The fourth-order valence-corrected chi connectivity index (χ4v) is 3.28. The Bertz CT molecular complexity index is 709. The van der Waals surface area contributed by atoms with Crippen LogP contribution in [0.3, 0.4) is 0 Å². The highest BCUT2D eigenvalue weighted by Crippen LogP contribution is 2.42. The fraction of sp³-hybridized carbons (Fsp3) is 0.389. The molecule has 23 heavy (non-hydrogen) atoms. The summed E-state index contributed by atoms with van der Waals surface area (Å²) in [6.45, 7) is 1.88. The molecule has 0 aliphatic heterocycles. The van der Waals surface area contributed by atoms with E-state index in [1.54, 1.807) is 13.3 Å². The van der Waals surface area contributed by atoms with E-state index in [0.717, 1.165) is 42.7 Å². The molecule has 0 saturated heterocycles. The van der Waals surface area contributed by atoms with Crippen molar-refractivity contribution >= 4 is 11.9 Å². The van der Waals surface area contributed by atoms with Crippen molar-refractivity contribution in [1.29, 1.82) is 0 Å². The van der Waals surface area contributed by atoms with Crippen LogP contribution in [0, 0.1) is 6.92 Å². The molecule has 0 atom stereocenters. The molecule has 3 rings (SSSR count). The highest BCUT2D eigenvalue weighted by molar-refractivity contribution is 5.98. The van der Waals surface area contributed by atoms with Gasteiger partial charge >= 0.3 is 0 Å². The van der Waals surface area contributed by atoms with Crippen LogP contribution >= 0.6 is 0 Å². The van der Waals surface area contributed by atoms with E-state index >= 15 is 0 Å². The Morgan fingerprint density at radius 3 is 2.74 bits per heavy atom. The van der Waals surface area contributed by atoms with Gasteiger partial charge in [0, 0.05) is 11.9 Å². The van der Waals surface area contributed by atoms with Gasteiger partial charge in [-0.2, -0.15) is 0 Å². The van der Waals surface area contributed by atoms with Crippen molar-refractivity contribution in [1.82, 2.24) is 9.97 Å². The average molecular weight is 311 g/mol. The minimum atomic E-state index is -0.526. The van der Waals surface area contributed by atoms with Gasteiger partial charge in [-0.05, 0) is 43.5 Å². The maximum atomic E-state index is 13.0. The van der Waals surface area contributed by atoms with E-state index < -0.39 is 5.41 Å². The highest BCUT2D eigenvalue weighted by atomic mass is 16.5. The lowest BCUT2D eigenvalue weighted by atomic mass is 9.78. The smallest absolute Gasteiger partial charge is 0.237 e. The molecular weight excluding hydrogens is 290 g/mol. The molecule has 1 heterocycles. The number of methoxy groups -OCH3 is 1. The number of nitrogens with zero attached hydrogens (tertiary/aromatic N) is 2. The number of amides is 1. The van der Waals surface area contributed by atoms with Crippen LogP contribution in [0.5, 0.6) is 5.75 Å². The van der Waals surface area contributed by atoms with Crippen LogP contribution in [0.1, 0.15) is 36.9 Å². The molecule has 5 heteroatoms. The largest absolute Gasteiger partial charge is 0.497 e. The molecule has 0 unspecified atom stereocenters. The van der Waals surface area contributed by atoms with Crippen molar-refractivity contribution in [3.05, 3.63) is 47.8 Å². The number of aryl methyl sites for hydroxylation is 1. The predicted molar refractivity (Wildman–Crippen MR) is 88.5 cm³/mol. The molecule has 1 aromatic heterocycles. The van der Waals surface area contributed by atoms with Gasteiger partial charge in [0.2, 0.25) is 11.9 Å². The SMILES string of the molecule is COc1cccc(C2(C(=O)Nc3nccc(C)n3)CCCC2)c1. The summed E-state index contributed by atoms with van der Waals surface area (Å²) in [5.74, 6) is 1.10. The molecule has 1 amide bonds. The van der Waals surface area contributed by atoms with Crippen LogP contribution in [0.4, 0.5) is 5.95 Å². The first kappa shape index (κ1) is 15.5. The average Bonchev–Trinajstić information content (AvgIpc) is 3.06. The lowest BCUT2D eigenvalue weighted by Crippen LogP contribution is -2.38. The van der Waals surface area contributed by atoms with E-state index in [1.807, 2.05) is 37.3 Å². The molecule has 1 aliphatic rings. The normalized spacial score (nSPS) is 16.1. The van der Waals surface area contributed by atoms with E-state index in [2.05, 4.69) is 15.3 Å². The minimum Gasteiger partial charge on any atom is -0.497 e. The summed E-state index contributed by atoms with van der Waals surface area (Å²) in [4.78, 5) is 21.4. The third-order valence-corrected chi connectivity index (χ3v) is 4.53. The van der Waals surface area contributed by atoms with E-state index in [0.29, 0.717) is 5.95 Å². The summed E-state index contributed by atoms with van der Waals surface area (Å²) in [5, 5.41) is 2.90. The molecule has 2 aromatic rings. The molecule has 0 spiro atoms. The standard InChI is InChI=1S/C18H21N3O2/c1-13-8-11-19-17(20-13)21-16(22)18(9-3-4-10-18)14-6-5-7-15(12-14)23-2/h5-8,11-12H,3-4,9-10H2,1-2H3,(H,19,20,21,22). The second kappa shape index (κ2) is 6.36. The number of aromatic nitrogens is 2. The first-order valence-electron chi connectivity index (χ1n) is 7.90. The zero-order valence-electron chi connectivity index (χ0n) is 13.5. The summed E-state index contributed by atoms with van der Waals surface area (Å²) >= 11 is 0. The zero-order chi connectivity index (χ0) is 16.3. The summed E-state index contributed by atoms with van der Waals surface area (Å²) in [7, 11) is 1.64. The fourth-order valence-electron chi connectivity index (χ4n) is 3.28. The number of rotatable bonds is 4. The Hall–Kier alpha value is -2.43. The van der Waals surface area contributed by atoms with Crippen molar-refractivity contribution < 1.29 is 9.53 Å². The Balaban J connectivity index is 1.92. The van der Waals surface area contributed by atoms with E-state index in [9.17, 15) is 4.79 Å². The van der Waals surface area contributed by atoms with Crippen LogP contribution in [-0.2, 0) is 10.2 Å². The van der Waals surface area contributed by atoms with Gasteiger partial charge in [-0.3, -0.25) is 10.1 Å². The molecule has 1 fully saturated rings. The Labute approximate surface area is 136 Å². The zero-order valence-corrected chi connectivity index (χ0v) is 13.5. The van der Waals surface area contributed by atoms with Gasteiger partial charge in [-0.25, -0.2) is 9.97 Å². The van der Waals surface area contributed by atoms with Gasteiger partial charge in [0.05, 0.1) is 12.5 Å². The first-order valence-corrected chi connectivity index (χ1v) is 7.90. The van der Waals surface area contributed by atoms with Gasteiger partial charge < -0.3 is 4.74 Å². The predicted octanol–water partition coefficient (Wildman–Crippen LogP) is 3.24. The maximum Gasteiger partial charge on any atom is 0.237 e. The van der Waals surface area contributed by atoms with Gasteiger partial charge in [0.1, 0.15) is 5.75 Å². The molecule has 5 nitrogen and oxygen atoms in total. The molecular formula is C18H21N3O2. The van der Waals surface area contributed by atoms with Crippen molar-refractivity contribution in [2.75, 3.05) is 12.4 Å². The Kier molecular flexibility index (Phi) is 4.28. The van der Waals surface area contributed by atoms with Gasteiger partial charge in [-0.15, -0.1) is 0 Å². The topological polar surface area (TPSA) is 64.1 Å². The van der Waals surface area contributed by atoms with Crippen molar-refractivity contribution in [2.24, 2.45) is 0 Å². The molecule has 1 saturated carbocycles. The third-order valence-electron chi connectivity index (χ3n) is 4.53. The van der Waals surface area contributed by atoms with E-state index in [1.165, 1.54) is 0 Å². The van der Waals surface area contributed by atoms with Gasteiger partial charge in [0.15, 0.2) is 0 Å². The van der Waals surface area contributed by atoms with Crippen LogP contribution < -0.4 is 10.1 Å². The van der Waals surface area contributed by atoms with Crippen molar-refractivity contribution in [2.45, 2.75) is 38.0 Å². The lowest BCUT2D eigenvalue weighted by molar-refractivity contribution is -0.121. The number of hydrogen-bond donors (Lipinski definition) is 1. The van der Waals surface area contributed by atoms with Gasteiger partial charge in [0.25, 0.3) is 0 Å². The van der Waals surface area contributed by atoms with Crippen molar-refractivity contribution in [3.8, 4) is 5.75 Å². The Morgan fingerprint density at radius 2 is 2.04 bits per heavy atom. The van der Waals surface area contributed by atoms with Crippen LogP contribution in [0.15, 0.2) is 36.5 Å². The second-order valence-corrected chi connectivity index (χ2v) is 6.00. The quantitative estimate of drug-likeness (QED) is 0.941. The van der Waals surface area contributed by atoms with E-state index in [4.69, 9.17) is 4.74 Å². The molecule has 120 valence electrons. The van der Waals surface area contributed by atoms with Crippen LogP contribution in [0.25, 0.3) is 0 Å². The highest BCUT2D eigenvalue weighted by Gasteiger charge is 2.43. The number of benzene rings is 1. The number of anilines is 1. The monoisotopic (exact) mass is 311 g/mol. The summed E-state index contributed by atoms with van der Waals surface area (Å²) in [6, 6.07) is 9.61. The number of nitrogens with one attached hydrogen (secondary N) is 1. The Morgan fingerprint density at radius 1 is 1.26 bits per heavy atom. The van der Waals surface area contributed by atoms with Crippen LogP contribution in [-0.4, -0.2) is 23.0 Å². The van der Waals surface area contributed by atoms with Gasteiger partial charge in [-0.1, -0.05) is 25.0 Å². The summed E-state index contributed by atoms with van der Waals surface area (Å²) in [5.41, 5.74) is 1.30. The van der Waals surface area contributed by atoms with Crippen LogP contribution in [0.2, 0.25) is 0 Å². The number of carbonyl (C=O) groups is 1. The number of ether oxygens (including phenoxy) is 1. The third kappa shape index (κ3) is 3.04. The number of carbonyl (C=O) groups excluding carboxylic acids is 1. The molecule has 1 N–H and O–H groups in total. The maximum absolute atomic E-state index is 13.0. The minimum absolute atomic E-state index is 0.0335. The molecule has 0 radical (unpaired) electrons. The van der Waals surface area contributed by atoms with Crippen molar-refractivity contribution in [3.63, 3.8) is 0 Å². The number of hydrogen-bond acceptors (Lipinski definition) is 4. The lowest BCUT2D eigenvalue weighted by Gasteiger charge is -2.28. The first-order chi connectivity index (χ1) is 11.1. The van der Waals surface area contributed by atoms with E-state index in [-0.39, 0.29) is 5.91 Å². The molecule has 1 aromatic carbocycles. The summed E-state index contributed by atoms with van der Waals surface area (Å²) < 4.78 is 5.32. The second-order valence-electron chi connectivity index (χ2n) is 6.00. The molecule has 1 aliphatic carbocycles. The molecule has 0 bridgehead atoms. The summed E-state index contributed by atoms with van der Waals surface area (Å²) in [6.07, 6.45) is 5.40.